The third-order valence-electron chi connectivity index (χ3n) is 3.90. The third-order valence-corrected chi connectivity index (χ3v) is 5.14. The van der Waals surface area contributed by atoms with Gasteiger partial charge in [0.25, 0.3) is 5.91 Å². The number of hydrogen-bond donors (Lipinski definition) is 1. The summed E-state index contributed by atoms with van der Waals surface area (Å²) in [4.78, 5) is 12.4. The number of hydrogen-bond acceptors (Lipinski definition) is 6. The Hall–Kier alpha value is -3.07. The summed E-state index contributed by atoms with van der Waals surface area (Å²) in [5, 5.41) is 3.91. The number of carbonyl (C=O) groups is 1. The first-order valence-corrected chi connectivity index (χ1v) is 10.2. The third kappa shape index (κ3) is 5.23. The van der Waals surface area contributed by atoms with Gasteiger partial charge >= 0.3 is 0 Å². The van der Waals surface area contributed by atoms with Crippen LogP contribution in [0.15, 0.2) is 53.6 Å². The lowest BCUT2D eigenvalue weighted by atomic mass is 10.2. The highest BCUT2D eigenvalue weighted by Gasteiger charge is 2.28. The average Bonchev–Trinajstić information content (AvgIpc) is 2.67. The Balaban J connectivity index is 2.14. The molecule has 9 heteroatoms. The molecule has 1 N–H and O–H groups in total. The fourth-order valence-electron chi connectivity index (χ4n) is 2.58. The number of methoxy groups -OCH3 is 2. The summed E-state index contributed by atoms with van der Waals surface area (Å²) in [6.07, 6.45) is 2.48. The van der Waals surface area contributed by atoms with Gasteiger partial charge < -0.3 is 9.47 Å². The predicted molar refractivity (Wildman–Crippen MR) is 109 cm³/mol. The van der Waals surface area contributed by atoms with E-state index in [-0.39, 0.29) is 0 Å². The first-order chi connectivity index (χ1) is 13.3. The first kappa shape index (κ1) is 21.2. The SMILES string of the molecule is COc1ccc(/C=N\NC(=O)[C@@H](C)N(c2ccccc2)S(C)(=O)=O)cc1OC. The molecule has 0 saturated heterocycles. The molecule has 0 radical (unpaired) electrons. The van der Waals surface area contributed by atoms with Crippen molar-refractivity contribution in [3.05, 3.63) is 54.1 Å². The molecular weight excluding hydrogens is 382 g/mol. The lowest BCUT2D eigenvalue weighted by Gasteiger charge is -2.27. The van der Waals surface area contributed by atoms with E-state index in [2.05, 4.69) is 10.5 Å². The van der Waals surface area contributed by atoms with Crippen LogP contribution < -0.4 is 19.2 Å². The largest absolute Gasteiger partial charge is 0.493 e. The molecule has 28 heavy (non-hydrogen) atoms. The number of sulfonamides is 1. The van der Waals surface area contributed by atoms with Crippen molar-refractivity contribution in [2.45, 2.75) is 13.0 Å². The number of rotatable bonds is 8. The number of ether oxygens (including phenoxy) is 2. The molecule has 0 aliphatic heterocycles. The van der Waals surface area contributed by atoms with Crippen molar-refractivity contribution >= 4 is 27.8 Å². The molecule has 0 unspecified atom stereocenters. The molecular formula is C19H23N3O5S. The maximum atomic E-state index is 12.4. The van der Waals surface area contributed by atoms with E-state index in [0.29, 0.717) is 22.7 Å². The number of anilines is 1. The molecule has 0 heterocycles. The second-order valence-corrected chi connectivity index (χ2v) is 7.78. The van der Waals surface area contributed by atoms with Crippen LogP contribution in [0.3, 0.4) is 0 Å². The standard InChI is InChI=1S/C19H23N3O5S/c1-14(22(28(4,24)25)16-8-6-5-7-9-16)19(23)21-20-13-15-10-11-17(26-2)18(12-15)27-3/h5-14H,1-4H3,(H,21,23)/b20-13-/t14-/m1/s1. The van der Waals surface area contributed by atoms with E-state index in [9.17, 15) is 13.2 Å². The van der Waals surface area contributed by atoms with Crippen LogP contribution in [0, 0.1) is 0 Å². The van der Waals surface area contributed by atoms with Gasteiger partial charge in [-0.05, 0) is 42.8 Å². The zero-order valence-electron chi connectivity index (χ0n) is 16.1. The van der Waals surface area contributed by atoms with Crippen molar-refractivity contribution in [2.24, 2.45) is 5.10 Å². The molecule has 8 nitrogen and oxygen atoms in total. The highest BCUT2D eigenvalue weighted by Crippen LogP contribution is 2.26. The topological polar surface area (TPSA) is 97.3 Å². The molecule has 0 aliphatic rings. The van der Waals surface area contributed by atoms with E-state index in [4.69, 9.17) is 9.47 Å². The first-order valence-electron chi connectivity index (χ1n) is 8.37. The Bertz CT molecular complexity index is 945. The molecule has 0 aromatic heterocycles. The highest BCUT2D eigenvalue weighted by atomic mass is 32.2. The number of para-hydroxylation sites is 1. The fraction of sp³-hybridized carbons (Fsp3) is 0.263. The van der Waals surface area contributed by atoms with Gasteiger partial charge in [-0.25, -0.2) is 13.8 Å². The summed E-state index contributed by atoms with van der Waals surface area (Å²) in [6, 6.07) is 12.6. The van der Waals surface area contributed by atoms with Crippen molar-refractivity contribution in [1.29, 1.82) is 0 Å². The summed E-state index contributed by atoms with van der Waals surface area (Å²) in [7, 11) is -0.611. The van der Waals surface area contributed by atoms with E-state index in [0.717, 1.165) is 10.6 Å². The quantitative estimate of drug-likeness (QED) is 0.535. The second kappa shape index (κ2) is 9.23. The molecule has 150 valence electrons. The van der Waals surface area contributed by atoms with Crippen LogP contribution in [0.5, 0.6) is 11.5 Å². The van der Waals surface area contributed by atoms with Gasteiger partial charge in [-0.15, -0.1) is 0 Å². The number of benzene rings is 2. The van der Waals surface area contributed by atoms with Crippen LogP contribution >= 0.6 is 0 Å². The Morgan fingerprint density at radius 3 is 2.32 bits per heavy atom. The molecule has 2 aromatic rings. The number of carbonyl (C=O) groups excluding carboxylic acids is 1. The van der Waals surface area contributed by atoms with Gasteiger partial charge in [0.15, 0.2) is 11.5 Å². The van der Waals surface area contributed by atoms with E-state index in [1.165, 1.54) is 27.4 Å². The second-order valence-electron chi connectivity index (χ2n) is 5.92. The van der Waals surface area contributed by atoms with Gasteiger partial charge in [0.1, 0.15) is 6.04 Å². The number of nitrogens with zero attached hydrogens (tertiary/aromatic N) is 2. The summed E-state index contributed by atoms with van der Waals surface area (Å²) >= 11 is 0. The maximum Gasteiger partial charge on any atom is 0.263 e. The van der Waals surface area contributed by atoms with Crippen LogP contribution in [0.2, 0.25) is 0 Å². The molecule has 0 aliphatic carbocycles. The summed E-state index contributed by atoms with van der Waals surface area (Å²) in [6.45, 7) is 1.50. The van der Waals surface area contributed by atoms with Gasteiger partial charge in [0, 0.05) is 0 Å². The minimum atomic E-state index is -3.67. The normalized spacial score (nSPS) is 12.4. The molecule has 0 bridgehead atoms. The lowest BCUT2D eigenvalue weighted by Crippen LogP contribution is -2.46. The predicted octanol–water partition coefficient (Wildman–Crippen LogP) is 2.01. The highest BCUT2D eigenvalue weighted by molar-refractivity contribution is 7.92. The lowest BCUT2D eigenvalue weighted by molar-refractivity contribution is -0.121. The Morgan fingerprint density at radius 2 is 1.75 bits per heavy atom. The summed E-state index contributed by atoms with van der Waals surface area (Å²) < 4.78 is 35.8. The minimum Gasteiger partial charge on any atom is -0.493 e. The molecule has 2 rings (SSSR count). The zero-order valence-corrected chi connectivity index (χ0v) is 16.9. The van der Waals surface area contributed by atoms with E-state index < -0.39 is 22.0 Å². The molecule has 2 aromatic carbocycles. The van der Waals surface area contributed by atoms with E-state index in [1.807, 2.05) is 0 Å². The van der Waals surface area contributed by atoms with Gasteiger partial charge in [0.05, 0.1) is 32.4 Å². The van der Waals surface area contributed by atoms with Crippen LogP contribution in [0.4, 0.5) is 5.69 Å². The molecule has 1 atom stereocenters. The van der Waals surface area contributed by atoms with Gasteiger partial charge in [-0.3, -0.25) is 9.10 Å². The van der Waals surface area contributed by atoms with Crippen molar-refractivity contribution in [3.63, 3.8) is 0 Å². The Morgan fingerprint density at radius 1 is 1.11 bits per heavy atom. The smallest absolute Gasteiger partial charge is 0.263 e. The van der Waals surface area contributed by atoms with Crippen molar-refractivity contribution in [1.82, 2.24) is 5.43 Å². The van der Waals surface area contributed by atoms with Crippen LogP contribution in [0.25, 0.3) is 0 Å². The number of nitrogens with one attached hydrogen (secondary N) is 1. The van der Waals surface area contributed by atoms with E-state index in [1.54, 1.807) is 48.5 Å². The molecule has 1 amide bonds. The fourth-order valence-corrected chi connectivity index (χ4v) is 3.76. The number of amides is 1. The molecule has 0 fully saturated rings. The van der Waals surface area contributed by atoms with Crippen LogP contribution in [-0.4, -0.2) is 47.1 Å². The van der Waals surface area contributed by atoms with Crippen molar-refractivity contribution in [3.8, 4) is 11.5 Å². The molecule has 0 spiro atoms. The summed E-state index contributed by atoms with van der Waals surface area (Å²) in [5.74, 6) is 0.536. The Labute approximate surface area is 164 Å². The average molecular weight is 405 g/mol. The van der Waals surface area contributed by atoms with Gasteiger partial charge in [-0.2, -0.15) is 5.10 Å². The maximum absolute atomic E-state index is 12.4. The zero-order chi connectivity index (χ0) is 20.7. The van der Waals surface area contributed by atoms with Crippen molar-refractivity contribution in [2.75, 3.05) is 24.8 Å². The minimum absolute atomic E-state index is 0.400. The van der Waals surface area contributed by atoms with Gasteiger partial charge in [0.2, 0.25) is 10.0 Å². The summed E-state index contributed by atoms with van der Waals surface area (Å²) in [5.41, 5.74) is 3.45. The van der Waals surface area contributed by atoms with E-state index >= 15 is 0 Å². The molecule has 0 saturated carbocycles. The number of hydrazone groups is 1. The van der Waals surface area contributed by atoms with Crippen molar-refractivity contribution < 1.29 is 22.7 Å². The Kier molecular flexibility index (Phi) is 7.00. The monoisotopic (exact) mass is 405 g/mol. The van der Waals surface area contributed by atoms with Crippen LogP contribution in [0.1, 0.15) is 12.5 Å². The van der Waals surface area contributed by atoms with Crippen LogP contribution in [-0.2, 0) is 14.8 Å². The van der Waals surface area contributed by atoms with Gasteiger partial charge in [-0.1, -0.05) is 18.2 Å².